The molecule has 1 amide bonds. The van der Waals surface area contributed by atoms with Gasteiger partial charge >= 0.3 is 5.97 Å². The molecule has 114 valence electrons. The highest BCUT2D eigenvalue weighted by Gasteiger charge is 2.12. The van der Waals surface area contributed by atoms with E-state index in [4.69, 9.17) is 4.74 Å². The Kier molecular flexibility index (Phi) is 5.31. The molecule has 0 atom stereocenters. The molecule has 1 N–H and O–H groups in total. The van der Waals surface area contributed by atoms with Crippen LogP contribution in [0.2, 0.25) is 0 Å². The first-order chi connectivity index (χ1) is 10.6. The van der Waals surface area contributed by atoms with E-state index in [0.717, 1.165) is 16.7 Å². The molecule has 0 radical (unpaired) electrons. The molecule has 2 aromatic carbocycles. The fourth-order valence-electron chi connectivity index (χ4n) is 2.03. The number of hydrogen-bond donors (Lipinski definition) is 1. The topological polar surface area (TPSA) is 55.4 Å². The lowest BCUT2D eigenvalue weighted by atomic mass is 10.0. The van der Waals surface area contributed by atoms with Crippen molar-refractivity contribution < 1.29 is 14.3 Å². The van der Waals surface area contributed by atoms with Gasteiger partial charge in [-0.25, -0.2) is 0 Å². The minimum absolute atomic E-state index is 0.140. The predicted octanol–water partition coefficient (Wildman–Crippen LogP) is 2.78. The normalized spacial score (nSPS) is 10.1. The maximum Gasteiger partial charge on any atom is 0.325 e. The van der Waals surface area contributed by atoms with Gasteiger partial charge in [0.05, 0.1) is 0 Å². The van der Waals surface area contributed by atoms with Gasteiger partial charge in [0.25, 0.3) is 5.91 Å². The van der Waals surface area contributed by atoms with E-state index in [1.165, 1.54) is 0 Å². The number of aryl methyl sites for hydroxylation is 1. The van der Waals surface area contributed by atoms with Crippen LogP contribution in [0.1, 0.15) is 27.0 Å². The maximum atomic E-state index is 12.1. The molecule has 0 aliphatic rings. The first-order valence-electron chi connectivity index (χ1n) is 7.12. The fraction of sp³-hybridized carbons (Fsp3) is 0.222. The molecule has 0 aliphatic heterocycles. The summed E-state index contributed by atoms with van der Waals surface area (Å²) in [5.74, 6) is -0.722. The summed E-state index contributed by atoms with van der Waals surface area (Å²) in [5.41, 5.74) is 3.45. The number of hydrogen-bond acceptors (Lipinski definition) is 3. The highest BCUT2D eigenvalue weighted by Crippen LogP contribution is 2.12. The van der Waals surface area contributed by atoms with Crippen molar-refractivity contribution >= 4 is 11.9 Å². The lowest BCUT2D eigenvalue weighted by Gasteiger charge is -2.09. The molecule has 22 heavy (non-hydrogen) atoms. The summed E-state index contributed by atoms with van der Waals surface area (Å²) in [4.78, 5) is 23.7. The third-order valence-electron chi connectivity index (χ3n) is 3.49. The molecule has 0 heterocycles. The van der Waals surface area contributed by atoms with E-state index in [-0.39, 0.29) is 19.1 Å². The van der Waals surface area contributed by atoms with Crippen LogP contribution in [0.25, 0.3) is 0 Å². The zero-order valence-electron chi connectivity index (χ0n) is 12.8. The average molecular weight is 297 g/mol. The van der Waals surface area contributed by atoms with E-state index in [1.54, 1.807) is 6.07 Å². The quantitative estimate of drug-likeness (QED) is 0.863. The molecule has 0 unspecified atom stereocenters. The van der Waals surface area contributed by atoms with Crippen molar-refractivity contribution in [2.24, 2.45) is 0 Å². The molecular weight excluding hydrogens is 278 g/mol. The number of ether oxygens (including phenoxy) is 1. The molecule has 4 nitrogen and oxygen atoms in total. The minimum atomic E-state index is -0.456. The van der Waals surface area contributed by atoms with Gasteiger partial charge in [-0.3, -0.25) is 9.59 Å². The van der Waals surface area contributed by atoms with Gasteiger partial charge in [-0.2, -0.15) is 0 Å². The van der Waals surface area contributed by atoms with E-state index in [9.17, 15) is 9.59 Å². The van der Waals surface area contributed by atoms with Crippen molar-refractivity contribution in [1.82, 2.24) is 5.32 Å². The van der Waals surface area contributed by atoms with Crippen LogP contribution < -0.4 is 5.32 Å². The highest BCUT2D eigenvalue weighted by atomic mass is 16.5. The molecule has 2 rings (SSSR count). The lowest BCUT2D eigenvalue weighted by Crippen LogP contribution is -2.31. The van der Waals surface area contributed by atoms with Crippen molar-refractivity contribution in [3.63, 3.8) is 0 Å². The molecule has 0 saturated carbocycles. The molecule has 0 aromatic heterocycles. The summed E-state index contributed by atoms with van der Waals surface area (Å²) in [5, 5.41) is 2.59. The summed E-state index contributed by atoms with van der Waals surface area (Å²) in [6.07, 6.45) is 0. The van der Waals surface area contributed by atoms with Crippen LogP contribution in [0, 0.1) is 13.8 Å². The number of benzene rings is 2. The first-order valence-corrected chi connectivity index (χ1v) is 7.12. The maximum absolute atomic E-state index is 12.1. The number of carbonyl (C=O) groups is 2. The number of rotatable bonds is 5. The van der Waals surface area contributed by atoms with Gasteiger partial charge < -0.3 is 10.1 Å². The molecule has 4 heteroatoms. The smallest absolute Gasteiger partial charge is 0.325 e. The Balaban J connectivity index is 1.83. The van der Waals surface area contributed by atoms with Crippen LogP contribution in [-0.2, 0) is 16.1 Å². The zero-order chi connectivity index (χ0) is 15.9. The third-order valence-corrected chi connectivity index (χ3v) is 3.49. The Bertz CT molecular complexity index is 665. The van der Waals surface area contributed by atoms with Gasteiger partial charge in [-0.05, 0) is 36.6 Å². The van der Waals surface area contributed by atoms with E-state index < -0.39 is 5.97 Å². The van der Waals surface area contributed by atoms with E-state index in [0.29, 0.717) is 5.56 Å². The first kappa shape index (κ1) is 15.8. The average Bonchev–Trinajstić information content (AvgIpc) is 2.54. The van der Waals surface area contributed by atoms with Crippen molar-refractivity contribution in [3.8, 4) is 0 Å². The van der Waals surface area contributed by atoms with Crippen LogP contribution in [-0.4, -0.2) is 18.4 Å². The minimum Gasteiger partial charge on any atom is -0.460 e. The highest BCUT2D eigenvalue weighted by molar-refractivity contribution is 5.97. The van der Waals surface area contributed by atoms with Crippen molar-refractivity contribution in [1.29, 1.82) is 0 Å². The third kappa shape index (κ3) is 4.19. The summed E-state index contributed by atoms with van der Waals surface area (Å²) in [6, 6.07) is 14.9. The summed E-state index contributed by atoms with van der Waals surface area (Å²) in [7, 11) is 0. The lowest BCUT2D eigenvalue weighted by molar-refractivity contribution is -0.143. The number of amides is 1. The molecule has 0 bridgehead atoms. The molecule has 0 aliphatic carbocycles. The molecule has 0 spiro atoms. The van der Waals surface area contributed by atoms with Crippen LogP contribution in [0.3, 0.4) is 0 Å². The van der Waals surface area contributed by atoms with E-state index in [1.807, 2.05) is 56.3 Å². The van der Waals surface area contributed by atoms with E-state index in [2.05, 4.69) is 5.32 Å². The number of nitrogens with one attached hydrogen (secondary N) is 1. The second-order valence-corrected chi connectivity index (χ2v) is 5.08. The Morgan fingerprint density at radius 1 is 1.00 bits per heavy atom. The van der Waals surface area contributed by atoms with Crippen molar-refractivity contribution in [2.45, 2.75) is 20.5 Å². The van der Waals surface area contributed by atoms with E-state index >= 15 is 0 Å². The predicted molar refractivity (Wildman–Crippen MR) is 84.5 cm³/mol. The standard InChI is InChI=1S/C18H19NO3/c1-13-7-6-10-16(14(13)2)18(21)19-11-17(20)22-12-15-8-4-3-5-9-15/h3-10H,11-12H2,1-2H3,(H,19,21). The van der Waals surface area contributed by atoms with Gasteiger partial charge in [0.1, 0.15) is 13.2 Å². The summed E-state index contributed by atoms with van der Waals surface area (Å²) < 4.78 is 5.11. The van der Waals surface area contributed by atoms with Crippen LogP contribution in [0.4, 0.5) is 0 Å². The zero-order valence-corrected chi connectivity index (χ0v) is 12.8. The SMILES string of the molecule is Cc1cccc(C(=O)NCC(=O)OCc2ccccc2)c1C. The van der Waals surface area contributed by atoms with Crippen LogP contribution >= 0.6 is 0 Å². The van der Waals surface area contributed by atoms with Gasteiger partial charge in [0.15, 0.2) is 0 Å². The summed E-state index contributed by atoms with van der Waals surface area (Å²) in [6.45, 7) is 3.90. The van der Waals surface area contributed by atoms with Gasteiger partial charge in [0.2, 0.25) is 0 Å². The second kappa shape index (κ2) is 7.41. The second-order valence-electron chi connectivity index (χ2n) is 5.08. The Morgan fingerprint density at radius 3 is 2.45 bits per heavy atom. The van der Waals surface area contributed by atoms with Gasteiger partial charge in [-0.1, -0.05) is 42.5 Å². The van der Waals surface area contributed by atoms with Gasteiger partial charge in [0, 0.05) is 5.56 Å². The van der Waals surface area contributed by atoms with Crippen molar-refractivity contribution in [2.75, 3.05) is 6.54 Å². The molecule has 0 saturated heterocycles. The molecule has 2 aromatic rings. The largest absolute Gasteiger partial charge is 0.460 e. The van der Waals surface area contributed by atoms with Crippen LogP contribution in [0.5, 0.6) is 0 Å². The Morgan fingerprint density at radius 2 is 1.73 bits per heavy atom. The van der Waals surface area contributed by atoms with Crippen molar-refractivity contribution in [3.05, 3.63) is 70.8 Å². The number of esters is 1. The fourth-order valence-corrected chi connectivity index (χ4v) is 2.03. The molecule has 0 fully saturated rings. The number of carbonyl (C=O) groups excluding carboxylic acids is 2. The van der Waals surface area contributed by atoms with Gasteiger partial charge in [-0.15, -0.1) is 0 Å². The Hall–Kier alpha value is -2.62. The molecular formula is C18H19NO3. The monoisotopic (exact) mass is 297 g/mol. The Labute approximate surface area is 130 Å². The van der Waals surface area contributed by atoms with Crippen LogP contribution in [0.15, 0.2) is 48.5 Å². The summed E-state index contributed by atoms with van der Waals surface area (Å²) >= 11 is 0.